The van der Waals surface area contributed by atoms with Crippen LogP contribution in [-0.2, 0) is 0 Å². The lowest BCUT2D eigenvalue weighted by Crippen LogP contribution is -2.43. The number of aryl methyl sites for hydroxylation is 1. The van der Waals surface area contributed by atoms with Crippen LogP contribution < -0.4 is 5.32 Å². The highest BCUT2D eigenvalue weighted by atomic mass is 16.2. The fourth-order valence-electron chi connectivity index (χ4n) is 3.53. The number of anilines is 1. The first kappa shape index (κ1) is 18.2. The van der Waals surface area contributed by atoms with Crippen molar-refractivity contribution in [1.82, 2.24) is 4.90 Å². The molecule has 4 heteroatoms. The molecule has 0 saturated carbocycles. The zero-order chi connectivity index (χ0) is 18.5. The number of nitrogens with one attached hydrogen (secondary N) is 1. The molecule has 1 fully saturated rings. The lowest BCUT2D eigenvalue weighted by atomic mass is 9.98. The summed E-state index contributed by atoms with van der Waals surface area (Å²) in [5, 5.41) is 2.94. The number of rotatable bonds is 4. The van der Waals surface area contributed by atoms with Gasteiger partial charge in [0.15, 0.2) is 0 Å². The van der Waals surface area contributed by atoms with Crippen LogP contribution in [0.15, 0.2) is 48.5 Å². The Labute approximate surface area is 155 Å². The maximum atomic E-state index is 13.0. The number of nitrogens with zero attached hydrogens (tertiary/aromatic N) is 1. The topological polar surface area (TPSA) is 49.4 Å². The molecule has 0 aromatic heterocycles. The molecule has 136 valence electrons. The number of benzene rings is 2. The van der Waals surface area contributed by atoms with Crippen LogP contribution in [-0.4, -0.2) is 29.3 Å². The number of hydrogen-bond acceptors (Lipinski definition) is 2. The van der Waals surface area contributed by atoms with E-state index in [0.29, 0.717) is 22.9 Å². The van der Waals surface area contributed by atoms with E-state index in [-0.39, 0.29) is 11.8 Å². The number of likely N-dealkylation sites (tertiary alicyclic amines) is 1. The minimum Gasteiger partial charge on any atom is -0.336 e. The lowest BCUT2D eigenvalue weighted by molar-refractivity contribution is 0.0608. The molecule has 26 heavy (non-hydrogen) atoms. The Morgan fingerprint density at radius 2 is 1.85 bits per heavy atom. The number of carbonyl (C=O) groups is 2. The zero-order valence-corrected chi connectivity index (χ0v) is 15.5. The van der Waals surface area contributed by atoms with Crippen LogP contribution in [0.4, 0.5) is 5.69 Å². The number of hydrogen-bond donors (Lipinski definition) is 1. The Kier molecular flexibility index (Phi) is 5.71. The van der Waals surface area contributed by atoms with Gasteiger partial charge in [0.2, 0.25) is 0 Å². The van der Waals surface area contributed by atoms with Gasteiger partial charge in [0.05, 0.1) is 0 Å². The molecule has 1 saturated heterocycles. The molecule has 1 aliphatic rings. The van der Waals surface area contributed by atoms with Crippen molar-refractivity contribution in [3.8, 4) is 0 Å². The first-order chi connectivity index (χ1) is 12.6. The summed E-state index contributed by atoms with van der Waals surface area (Å²) in [6, 6.07) is 15.0. The van der Waals surface area contributed by atoms with Crippen molar-refractivity contribution >= 4 is 17.5 Å². The molecule has 0 radical (unpaired) electrons. The SMILES string of the molecule is CC[C@H]1CCCCN1C(=O)c1ccc(C)c(NC(=O)c2ccccc2)c1. The molecular formula is C22H26N2O2. The highest BCUT2D eigenvalue weighted by Gasteiger charge is 2.26. The van der Waals surface area contributed by atoms with Crippen LogP contribution in [0.1, 0.15) is 58.9 Å². The van der Waals surface area contributed by atoms with Gasteiger partial charge in [-0.2, -0.15) is 0 Å². The molecule has 3 rings (SSSR count). The lowest BCUT2D eigenvalue weighted by Gasteiger charge is -2.35. The van der Waals surface area contributed by atoms with Crippen molar-refractivity contribution in [3.05, 3.63) is 65.2 Å². The number of amides is 2. The fourth-order valence-corrected chi connectivity index (χ4v) is 3.53. The average Bonchev–Trinajstić information content (AvgIpc) is 2.69. The van der Waals surface area contributed by atoms with Crippen LogP contribution in [0.2, 0.25) is 0 Å². The first-order valence-electron chi connectivity index (χ1n) is 9.38. The van der Waals surface area contributed by atoms with E-state index >= 15 is 0 Å². The van der Waals surface area contributed by atoms with E-state index in [1.165, 1.54) is 6.42 Å². The monoisotopic (exact) mass is 350 g/mol. The predicted molar refractivity (Wildman–Crippen MR) is 105 cm³/mol. The van der Waals surface area contributed by atoms with Gasteiger partial charge in [0, 0.05) is 29.4 Å². The van der Waals surface area contributed by atoms with E-state index in [1.807, 2.05) is 42.2 Å². The number of piperidine rings is 1. The molecule has 1 atom stereocenters. The molecule has 4 nitrogen and oxygen atoms in total. The molecule has 2 amide bonds. The molecule has 2 aromatic carbocycles. The van der Waals surface area contributed by atoms with Gasteiger partial charge in [0.1, 0.15) is 0 Å². The Morgan fingerprint density at radius 3 is 2.58 bits per heavy atom. The Balaban J connectivity index is 1.81. The molecule has 0 bridgehead atoms. The highest BCUT2D eigenvalue weighted by Crippen LogP contribution is 2.24. The van der Waals surface area contributed by atoms with Gasteiger partial charge in [-0.15, -0.1) is 0 Å². The molecule has 1 aliphatic heterocycles. The van der Waals surface area contributed by atoms with Crippen molar-refractivity contribution < 1.29 is 9.59 Å². The molecule has 0 aliphatic carbocycles. The summed E-state index contributed by atoms with van der Waals surface area (Å²) >= 11 is 0. The van der Waals surface area contributed by atoms with Gasteiger partial charge in [-0.25, -0.2) is 0 Å². The summed E-state index contributed by atoms with van der Waals surface area (Å²) in [4.78, 5) is 27.4. The largest absolute Gasteiger partial charge is 0.336 e. The molecule has 0 spiro atoms. The second kappa shape index (κ2) is 8.17. The van der Waals surface area contributed by atoms with Crippen LogP contribution in [0.25, 0.3) is 0 Å². The van der Waals surface area contributed by atoms with Gasteiger partial charge >= 0.3 is 0 Å². The summed E-state index contributed by atoms with van der Waals surface area (Å²) in [5.74, 6) is -0.102. The van der Waals surface area contributed by atoms with Gasteiger partial charge in [-0.05, 0) is 62.4 Å². The van der Waals surface area contributed by atoms with E-state index in [1.54, 1.807) is 18.2 Å². The maximum absolute atomic E-state index is 13.0. The summed E-state index contributed by atoms with van der Waals surface area (Å²) in [5.41, 5.74) is 2.87. The van der Waals surface area contributed by atoms with Crippen molar-refractivity contribution in [2.75, 3.05) is 11.9 Å². The second-order valence-electron chi connectivity index (χ2n) is 6.91. The molecule has 2 aromatic rings. The summed E-state index contributed by atoms with van der Waals surface area (Å²) < 4.78 is 0. The van der Waals surface area contributed by atoms with Gasteiger partial charge in [-0.1, -0.05) is 31.2 Å². The van der Waals surface area contributed by atoms with Crippen molar-refractivity contribution in [2.45, 2.75) is 45.6 Å². The minimum absolute atomic E-state index is 0.0618. The van der Waals surface area contributed by atoms with Crippen LogP contribution in [0.5, 0.6) is 0 Å². The fraction of sp³-hybridized carbons (Fsp3) is 0.364. The van der Waals surface area contributed by atoms with Gasteiger partial charge in [-0.3, -0.25) is 9.59 Å². The first-order valence-corrected chi connectivity index (χ1v) is 9.38. The van der Waals surface area contributed by atoms with Gasteiger partial charge < -0.3 is 10.2 Å². The average molecular weight is 350 g/mol. The van der Waals surface area contributed by atoms with E-state index in [9.17, 15) is 9.59 Å². The summed E-state index contributed by atoms with van der Waals surface area (Å²) in [7, 11) is 0. The maximum Gasteiger partial charge on any atom is 0.255 e. The number of carbonyl (C=O) groups excluding carboxylic acids is 2. The molecule has 1 N–H and O–H groups in total. The quantitative estimate of drug-likeness (QED) is 0.872. The zero-order valence-electron chi connectivity index (χ0n) is 15.5. The normalized spacial score (nSPS) is 17.0. The van der Waals surface area contributed by atoms with E-state index in [2.05, 4.69) is 12.2 Å². The Bertz CT molecular complexity index is 786. The third kappa shape index (κ3) is 3.96. The van der Waals surface area contributed by atoms with Crippen LogP contribution >= 0.6 is 0 Å². The summed E-state index contributed by atoms with van der Waals surface area (Å²) in [6.45, 7) is 4.89. The molecular weight excluding hydrogens is 324 g/mol. The Morgan fingerprint density at radius 1 is 1.08 bits per heavy atom. The van der Waals surface area contributed by atoms with E-state index < -0.39 is 0 Å². The summed E-state index contributed by atoms with van der Waals surface area (Å²) in [6.07, 6.45) is 4.31. The second-order valence-corrected chi connectivity index (χ2v) is 6.91. The van der Waals surface area contributed by atoms with Gasteiger partial charge in [0.25, 0.3) is 11.8 Å². The van der Waals surface area contributed by atoms with Crippen LogP contribution in [0, 0.1) is 6.92 Å². The van der Waals surface area contributed by atoms with Crippen molar-refractivity contribution in [1.29, 1.82) is 0 Å². The van der Waals surface area contributed by atoms with Crippen LogP contribution in [0.3, 0.4) is 0 Å². The van der Waals surface area contributed by atoms with Crippen molar-refractivity contribution in [2.24, 2.45) is 0 Å². The third-order valence-electron chi connectivity index (χ3n) is 5.13. The third-order valence-corrected chi connectivity index (χ3v) is 5.13. The highest BCUT2D eigenvalue weighted by molar-refractivity contribution is 6.05. The smallest absolute Gasteiger partial charge is 0.255 e. The predicted octanol–water partition coefficient (Wildman–Crippen LogP) is 4.65. The molecule has 1 heterocycles. The standard InChI is InChI=1S/C22H26N2O2/c1-3-19-11-7-8-14-24(19)22(26)18-13-12-16(2)20(15-18)23-21(25)17-9-5-4-6-10-17/h4-6,9-10,12-13,15,19H,3,7-8,11,14H2,1-2H3,(H,23,25)/t19-/m0/s1. The molecule has 0 unspecified atom stereocenters. The van der Waals surface area contributed by atoms with E-state index in [4.69, 9.17) is 0 Å². The van der Waals surface area contributed by atoms with Crippen molar-refractivity contribution in [3.63, 3.8) is 0 Å². The Hall–Kier alpha value is -2.62. The van der Waals surface area contributed by atoms with E-state index in [0.717, 1.165) is 31.4 Å². The minimum atomic E-state index is -0.164.